The van der Waals surface area contributed by atoms with Crippen molar-refractivity contribution in [3.05, 3.63) is 16.9 Å². The summed E-state index contributed by atoms with van der Waals surface area (Å²) >= 11 is 5.76. The Kier molecular flexibility index (Phi) is 5.86. The van der Waals surface area contributed by atoms with Crippen molar-refractivity contribution in [1.82, 2.24) is 9.97 Å². The molecule has 0 aliphatic carbocycles. The van der Waals surface area contributed by atoms with Crippen molar-refractivity contribution in [2.24, 2.45) is 0 Å². The first-order valence-corrected chi connectivity index (χ1v) is 5.88. The molecule has 0 spiro atoms. The second-order valence-corrected chi connectivity index (χ2v) is 3.89. The third kappa shape index (κ3) is 5.60. The Labute approximate surface area is 106 Å². The SMILES string of the molecule is CCOCCCC(=O)Nc1nc(C)cc(Cl)n1. The number of rotatable bonds is 6. The van der Waals surface area contributed by atoms with E-state index in [0.717, 1.165) is 5.69 Å². The van der Waals surface area contributed by atoms with E-state index >= 15 is 0 Å². The standard InChI is InChI=1S/C11H16ClN3O2/c1-3-17-6-4-5-10(16)15-11-13-8(2)7-9(12)14-11/h7H,3-6H2,1-2H3,(H,13,14,15,16). The van der Waals surface area contributed by atoms with Crippen LogP contribution < -0.4 is 5.32 Å². The van der Waals surface area contributed by atoms with E-state index in [-0.39, 0.29) is 11.9 Å². The van der Waals surface area contributed by atoms with Crippen molar-refractivity contribution in [3.8, 4) is 0 Å². The molecule has 0 bridgehead atoms. The van der Waals surface area contributed by atoms with Crippen LogP contribution in [0.4, 0.5) is 5.95 Å². The number of hydrogen-bond donors (Lipinski definition) is 1. The van der Waals surface area contributed by atoms with E-state index in [2.05, 4.69) is 15.3 Å². The molecule has 94 valence electrons. The monoisotopic (exact) mass is 257 g/mol. The van der Waals surface area contributed by atoms with Gasteiger partial charge in [-0.3, -0.25) is 10.1 Å². The number of aromatic nitrogens is 2. The van der Waals surface area contributed by atoms with Gasteiger partial charge in [-0.1, -0.05) is 11.6 Å². The molecule has 0 aliphatic heterocycles. The Bertz CT molecular complexity index is 365. The second-order valence-electron chi connectivity index (χ2n) is 3.50. The Morgan fingerprint density at radius 1 is 1.53 bits per heavy atom. The summed E-state index contributed by atoms with van der Waals surface area (Å²) in [7, 11) is 0. The van der Waals surface area contributed by atoms with E-state index < -0.39 is 0 Å². The molecule has 0 radical (unpaired) electrons. The van der Waals surface area contributed by atoms with Crippen molar-refractivity contribution in [1.29, 1.82) is 0 Å². The molecule has 1 amide bonds. The van der Waals surface area contributed by atoms with Gasteiger partial charge in [-0.05, 0) is 26.3 Å². The smallest absolute Gasteiger partial charge is 0.231 e. The van der Waals surface area contributed by atoms with Crippen LogP contribution >= 0.6 is 11.6 Å². The van der Waals surface area contributed by atoms with Gasteiger partial charge < -0.3 is 4.74 Å². The van der Waals surface area contributed by atoms with Gasteiger partial charge in [-0.25, -0.2) is 9.97 Å². The highest BCUT2D eigenvalue weighted by atomic mass is 35.5. The van der Waals surface area contributed by atoms with Crippen LogP contribution in [0.5, 0.6) is 0 Å². The number of amides is 1. The van der Waals surface area contributed by atoms with Gasteiger partial charge >= 0.3 is 0 Å². The first kappa shape index (κ1) is 13.9. The summed E-state index contributed by atoms with van der Waals surface area (Å²) in [5.74, 6) is 0.114. The van der Waals surface area contributed by atoms with E-state index in [4.69, 9.17) is 16.3 Å². The first-order valence-electron chi connectivity index (χ1n) is 5.50. The minimum atomic E-state index is -0.133. The number of anilines is 1. The molecule has 0 aliphatic rings. The molecule has 1 rings (SSSR count). The minimum Gasteiger partial charge on any atom is -0.382 e. The molecule has 17 heavy (non-hydrogen) atoms. The maximum Gasteiger partial charge on any atom is 0.231 e. The van der Waals surface area contributed by atoms with Crippen LogP contribution in [0.25, 0.3) is 0 Å². The average molecular weight is 258 g/mol. The van der Waals surface area contributed by atoms with Crippen LogP contribution in [0.15, 0.2) is 6.07 Å². The van der Waals surface area contributed by atoms with Crippen molar-refractivity contribution in [2.75, 3.05) is 18.5 Å². The zero-order chi connectivity index (χ0) is 12.7. The molecule has 0 unspecified atom stereocenters. The molecule has 0 fully saturated rings. The summed E-state index contributed by atoms with van der Waals surface area (Å²) in [6.07, 6.45) is 1.06. The fraction of sp³-hybridized carbons (Fsp3) is 0.545. The van der Waals surface area contributed by atoms with Gasteiger partial charge in [0.1, 0.15) is 5.15 Å². The molecule has 1 aromatic heterocycles. The molecule has 0 saturated carbocycles. The fourth-order valence-electron chi connectivity index (χ4n) is 1.25. The molecular weight excluding hydrogens is 242 g/mol. The highest BCUT2D eigenvalue weighted by Crippen LogP contribution is 2.09. The first-order chi connectivity index (χ1) is 8.11. The third-order valence-electron chi connectivity index (χ3n) is 1.97. The number of carbonyl (C=O) groups excluding carboxylic acids is 1. The lowest BCUT2D eigenvalue weighted by molar-refractivity contribution is -0.116. The normalized spacial score (nSPS) is 10.3. The number of halogens is 1. The van der Waals surface area contributed by atoms with Crippen molar-refractivity contribution in [2.45, 2.75) is 26.7 Å². The fourth-order valence-corrected chi connectivity index (χ4v) is 1.49. The van der Waals surface area contributed by atoms with Crippen LogP contribution in [0, 0.1) is 6.92 Å². The lowest BCUT2D eigenvalue weighted by atomic mass is 10.3. The van der Waals surface area contributed by atoms with E-state index in [9.17, 15) is 4.79 Å². The zero-order valence-corrected chi connectivity index (χ0v) is 10.8. The molecule has 6 heteroatoms. The van der Waals surface area contributed by atoms with Crippen molar-refractivity contribution in [3.63, 3.8) is 0 Å². The molecule has 1 aromatic rings. The van der Waals surface area contributed by atoms with Gasteiger partial charge in [0, 0.05) is 25.3 Å². The summed E-state index contributed by atoms with van der Waals surface area (Å²) in [4.78, 5) is 19.5. The molecule has 0 saturated heterocycles. The second kappa shape index (κ2) is 7.19. The maximum atomic E-state index is 11.5. The molecule has 1 heterocycles. The van der Waals surface area contributed by atoms with Crippen molar-refractivity contribution >= 4 is 23.5 Å². The summed E-state index contributed by atoms with van der Waals surface area (Å²) < 4.78 is 5.14. The van der Waals surface area contributed by atoms with Crippen LogP contribution in [-0.4, -0.2) is 29.1 Å². The van der Waals surface area contributed by atoms with Gasteiger partial charge in [0.15, 0.2) is 0 Å². The van der Waals surface area contributed by atoms with E-state index in [1.54, 1.807) is 13.0 Å². The number of aryl methyl sites for hydroxylation is 1. The quantitative estimate of drug-likeness (QED) is 0.627. The summed E-state index contributed by atoms with van der Waals surface area (Å²) in [6, 6.07) is 1.63. The highest BCUT2D eigenvalue weighted by Gasteiger charge is 2.05. The molecule has 5 nitrogen and oxygen atoms in total. The zero-order valence-electron chi connectivity index (χ0n) is 9.99. The van der Waals surface area contributed by atoms with Gasteiger partial charge in [-0.2, -0.15) is 0 Å². The van der Waals surface area contributed by atoms with Crippen LogP contribution in [0.3, 0.4) is 0 Å². The molecule has 0 aromatic carbocycles. The van der Waals surface area contributed by atoms with Crippen LogP contribution in [0.2, 0.25) is 5.15 Å². The van der Waals surface area contributed by atoms with Gasteiger partial charge in [-0.15, -0.1) is 0 Å². The predicted octanol–water partition coefficient (Wildman–Crippen LogP) is 2.19. The van der Waals surface area contributed by atoms with Gasteiger partial charge in [0.25, 0.3) is 0 Å². The van der Waals surface area contributed by atoms with Crippen LogP contribution in [0.1, 0.15) is 25.5 Å². The molecule has 0 atom stereocenters. The number of carbonyl (C=O) groups is 1. The number of ether oxygens (including phenoxy) is 1. The lowest BCUT2D eigenvalue weighted by Crippen LogP contribution is -2.14. The Hall–Kier alpha value is -1.20. The summed E-state index contributed by atoms with van der Waals surface area (Å²) in [5, 5.41) is 2.92. The molecule has 1 N–H and O–H groups in total. The highest BCUT2D eigenvalue weighted by molar-refractivity contribution is 6.29. The lowest BCUT2D eigenvalue weighted by Gasteiger charge is -2.05. The van der Waals surface area contributed by atoms with E-state index in [0.29, 0.717) is 31.2 Å². The average Bonchev–Trinajstić information content (AvgIpc) is 2.23. The van der Waals surface area contributed by atoms with E-state index in [1.807, 2.05) is 6.92 Å². The predicted molar refractivity (Wildman–Crippen MR) is 66.1 cm³/mol. The number of hydrogen-bond acceptors (Lipinski definition) is 4. The number of nitrogens with one attached hydrogen (secondary N) is 1. The number of nitrogens with zero attached hydrogens (tertiary/aromatic N) is 2. The minimum absolute atomic E-state index is 0.133. The van der Waals surface area contributed by atoms with Gasteiger partial charge in [0.05, 0.1) is 0 Å². The Balaban J connectivity index is 2.39. The Morgan fingerprint density at radius 2 is 2.29 bits per heavy atom. The van der Waals surface area contributed by atoms with Crippen molar-refractivity contribution < 1.29 is 9.53 Å². The maximum absolute atomic E-state index is 11.5. The third-order valence-corrected chi connectivity index (χ3v) is 2.16. The molecular formula is C11H16ClN3O2. The summed E-state index contributed by atoms with van der Waals surface area (Å²) in [5.41, 5.74) is 0.717. The summed E-state index contributed by atoms with van der Waals surface area (Å²) in [6.45, 7) is 4.96. The largest absolute Gasteiger partial charge is 0.382 e. The van der Waals surface area contributed by atoms with Crippen LogP contribution in [-0.2, 0) is 9.53 Å². The topological polar surface area (TPSA) is 64.1 Å². The van der Waals surface area contributed by atoms with Gasteiger partial charge in [0.2, 0.25) is 11.9 Å². The van der Waals surface area contributed by atoms with E-state index in [1.165, 1.54) is 0 Å². The Morgan fingerprint density at radius 3 is 2.94 bits per heavy atom.